The maximum atomic E-state index is 12.9. The Bertz CT molecular complexity index is 758. The van der Waals surface area contributed by atoms with E-state index in [9.17, 15) is 4.79 Å². The van der Waals surface area contributed by atoms with Crippen LogP contribution in [0.5, 0.6) is 11.5 Å². The van der Waals surface area contributed by atoms with E-state index in [1.165, 1.54) is 0 Å². The van der Waals surface area contributed by atoms with E-state index in [0.717, 1.165) is 36.6 Å². The normalized spacial score (nSPS) is 20.0. The second-order valence-electron chi connectivity index (χ2n) is 6.28. The zero-order valence-electron chi connectivity index (χ0n) is 13.7. The molecule has 1 aromatic carbocycles. The smallest absolute Gasteiger partial charge is 0.254 e. The molecule has 24 heavy (non-hydrogen) atoms. The molecule has 126 valence electrons. The predicted molar refractivity (Wildman–Crippen MR) is 92.2 cm³/mol. The zero-order chi connectivity index (χ0) is 16.5. The summed E-state index contributed by atoms with van der Waals surface area (Å²) in [5.74, 6) is 1.78. The largest absolute Gasteiger partial charge is 0.486 e. The van der Waals surface area contributed by atoms with Crippen molar-refractivity contribution in [3.8, 4) is 11.5 Å². The molecule has 2 aliphatic rings. The van der Waals surface area contributed by atoms with E-state index in [1.54, 1.807) is 17.4 Å². The van der Waals surface area contributed by atoms with Crippen molar-refractivity contribution in [2.75, 3.05) is 26.3 Å². The van der Waals surface area contributed by atoms with Gasteiger partial charge in [-0.2, -0.15) is 0 Å². The number of fused-ring (bicyclic) bond motifs is 1. The van der Waals surface area contributed by atoms with Crippen molar-refractivity contribution in [3.05, 3.63) is 39.8 Å². The first-order chi connectivity index (χ1) is 11.7. The highest BCUT2D eigenvalue weighted by Gasteiger charge is 2.27. The van der Waals surface area contributed by atoms with Crippen LogP contribution in [0.2, 0.25) is 0 Å². The molecule has 5 nitrogen and oxygen atoms in total. The summed E-state index contributed by atoms with van der Waals surface area (Å²) in [4.78, 5) is 19.4. The van der Waals surface area contributed by atoms with Crippen molar-refractivity contribution in [2.45, 2.75) is 25.7 Å². The van der Waals surface area contributed by atoms with Gasteiger partial charge in [0, 0.05) is 35.6 Å². The van der Waals surface area contributed by atoms with Gasteiger partial charge in [0.1, 0.15) is 13.2 Å². The maximum absolute atomic E-state index is 12.9. The van der Waals surface area contributed by atoms with Crippen LogP contribution >= 0.6 is 11.3 Å². The Morgan fingerprint density at radius 3 is 2.92 bits per heavy atom. The van der Waals surface area contributed by atoms with Gasteiger partial charge < -0.3 is 14.4 Å². The first-order valence-electron chi connectivity index (χ1n) is 8.31. The Morgan fingerprint density at radius 1 is 1.29 bits per heavy atom. The first kappa shape index (κ1) is 15.4. The number of aromatic nitrogens is 1. The summed E-state index contributed by atoms with van der Waals surface area (Å²) in [5.41, 5.74) is 1.72. The Morgan fingerprint density at radius 2 is 2.12 bits per heavy atom. The van der Waals surface area contributed by atoms with Crippen molar-refractivity contribution in [1.29, 1.82) is 0 Å². The fourth-order valence-electron chi connectivity index (χ4n) is 3.28. The lowest BCUT2D eigenvalue weighted by atomic mass is 9.98. The number of aryl methyl sites for hydroxylation is 1. The highest BCUT2D eigenvalue weighted by molar-refractivity contribution is 7.09. The second kappa shape index (κ2) is 6.43. The van der Waals surface area contributed by atoms with Gasteiger partial charge in [-0.05, 0) is 38.0 Å². The van der Waals surface area contributed by atoms with Gasteiger partial charge in [0.2, 0.25) is 0 Å². The molecule has 4 rings (SSSR count). The number of piperidine rings is 1. The average Bonchev–Trinajstić information content (AvgIpc) is 3.07. The molecule has 1 amide bonds. The van der Waals surface area contributed by atoms with Crippen LogP contribution in [-0.2, 0) is 0 Å². The summed E-state index contributed by atoms with van der Waals surface area (Å²) in [6.45, 7) is 4.64. The molecule has 6 heteroatoms. The summed E-state index contributed by atoms with van der Waals surface area (Å²) in [6, 6.07) is 5.45. The average molecular weight is 344 g/mol. The van der Waals surface area contributed by atoms with E-state index < -0.39 is 0 Å². The van der Waals surface area contributed by atoms with Crippen LogP contribution < -0.4 is 9.47 Å². The Labute approximate surface area is 145 Å². The van der Waals surface area contributed by atoms with Gasteiger partial charge in [-0.1, -0.05) is 0 Å². The Kier molecular flexibility index (Phi) is 4.14. The van der Waals surface area contributed by atoms with Gasteiger partial charge >= 0.3 is 0 Å². The third kappa shape index (κ3) is 2.98. The number of hydrogen-bond acceptors (Lipinski definition) is 5. The molecule has 1 atom stereocenters. The molecule has 1 saturated heterocycles. The number of nitrogens with zero attached hydrogens (tertiary/aromatic N) is 2. The zero-order valence-corrected chi connectivity index (χ0v) is 14.5. The molecule has 3 heterocycles. The molecule has 0 bridgehead atoms. The number of rotatable bonds is 2. The molecule has 0 N–H and O–H groups in total. The van der Waals surface area contributed by atoms with E-state index in [4.69, 9.17) is 9.47 Å². The number of likely N-dealkylation sites (tertiary alicyclic amines) is 1. The van der Waals surface area contributed by atoms with Gasteiger partial charge in [0.25, 0.3) is 5.91 Å². The maximum Gasteiger partial charge on any atom is 0.254 e. The van der Waals surface area contributed by atoms with Crippen molar-refractivity contribution < 1.29 is 14.3 Å². The third-order valence-corrected chi connectivity index (χ3v) is 5.61. The van der Waals surface area contributed by atoms with Gasteiger partial charge in [-0.15, -0.1) is 11.3 Å². The minimum Gasteiger partial charge on any atom is -0.486 e. The number of ether oxygens (including phenoxy) is 2. The highest BCUT2D eigenvalue weighted by Crippen LogP contribution is 2.33. The number of benzene rings is 1. The van der Waals surface area contributed by atoms with Crippen molar-refractivity contribution in [2.24, 2.45) is 0 Å². The Hall–Kier alpha value is -2.08. The van der Waals surface area contributed by atoms with E-state index >= 15 is 0 Å². The molecular weight excluding hydrogens is 324 g/mol. The van der Waals surface area contributed by atoms with Crippen LogP contribution in [0.25, 0.3) is 0 Å². The molecule has 2 aromatic rings. The van der Waals surface area contributed by atoms with Gasteiger partial charge in [-0.3, -0.25) is 4.79 Å². The van der Waals surface area contributed by atoms with E-state index in [2.05, 4.69) is 10.4 Å². The molecule has 0 saturated carbocycles. The quantitative estimate of drug-likeness (QED) is 0.839. The third-order valence-electron chi connectivity index (χ3n) is 4.48. The number of amides is 1. The number of thiazole rings is 1. The second-order valence-corrected chi connectivity index (χ2v) is 7.17. The fraction of sp³-hybridized carbons (Fsp3) is 0.444. The van der Waals surface area contributed by atoms with Gasteiger partial charge in [0.15, 0.2) is 11.5 Å². The molecule has 1 fully saturated rings. The number of carbonyl (C=O) groups excluding carboxylic acids is 1. The lowest BCUT2D eigenvalue weighted by Crippen LogP contribution is -2.39. The minimum atomic E-state index is 0.0601. The number of hydrogen-bond donors (Lipinski definition) is 0. The summed E-state index contributed by atoms with van der Waals surface area (Å²) in [5, 5.41) is 3.23. The monoisotopic (exact) mass is 344 g/mol. The highest BCUT2D eigenvalue weighted by atomic mass is 32.1. The first-order valence-corrected chi connectivity index (χ1v) is 9.19. The van der Waals surface area contributed by atoms with Crippen LogP contribution in [0.3, 0.4) is 0 Å². The number of carbonyl (C=O) groups is 1. The molecule has 0 aliphatic carbocycles. The lowest BCUT2D eigenvalue weighted by molar-refractivity contribution is 0.0706. The minimum absolute atomic E-state index is 0.0601. The van der Waals surface area contributed by atoms with Crippen molar-refractivity contribution >= 4 is 17.2 Å². The molecule has 0 radical (unpaired) electrons. The van der Waals surface area contributed by atoms with Crippen molar-refractivity contribution in [3.63, 3.8) is 0 Å². The lowest BCUT2D eigenvalue weighted by Gasteiger charge is -2.32. The molecular formula is C18H20N2O3S. The fourth-order valence-corrected chi connectivity index (χ4v) is 4.21. The van der Waals surface area contributed by atoms with Crippen LogP contribution in [0.15, 0.2) is 23.6 Å². The molecule has 0 spiro atoms. The summed E-state index contributed by atoms with van der Waals surface area (Å²) in [6.07, 6.45) is 2.11. The van der Waals surface area contributed by atoms with Crippen LogP contribution in [0.1, 0.15) is 39.8 Å². The molecule has 1 aromatic heterocycles. The standard InChI is InChI=1S/C18H20N2O3S/c1-12-11-24-17(19-12)14-3-2-6-20(10-14)18(21)13-4-5-15-16(9-13)23-8-7-22-15/h4-5,9,11,14H,2-3,6-8,10H2,1H3/t14-/m0/s1. The van der Waals surface area contributed by atoms with Crippen molar-refractivity contribution in [1.82, 2.24) is 9.88 Å². The van der Waals surface area contributed by atoms with Crippen LogP contribution in [0.4, 0.5) is 0 Å². The summed E-state index contributed by atoms with van der Waals surface area (Å²) < 4.78 is 11.1. The SMILES string of the molecule is Cc1csc([C@H]2CCCN(C(=O)c3ccc4c(c3)OCCO4)C2)n1. The van der Waals surface area contributed by atoms with E-state index in [0.29, 0.717) is 36.2 Å². The summed E-state index contributed by atoms with van der Waals surface area (Å²) in [7, 11) is 0. The topological polar surface area (TPSA) is 51.7 Å². The molecule has 0 unspecified atom stereocenters. The van der Waals surface area contributed by atoms with Crippen LogP contribution in [0, 0.1) is 6.92 Å². The van der Waals surface area contributed by atoms with E-state index in [1.807, 2.05) is 24.0 Å². The van der Waals surface area contributed by atoms with Crippen LogP contribution in [-0.4, -0.2) is 42.1 Å². The van der Waals surface area contributed by atoms with Gasteiger partial charge in [0.05, 0.1) is 5.01 Å². The molecule has 2 aliphatic heterocycles. The van der Waals surface area contributed by atoms with E-state index in [-0.39, 0.29) is 5.91 Å². The van der Waals surface area contributed by atoms with Gasteiger partial charge in [-0.25, -0.2) is 4.98 Å². The summed E-state index contributed by atoms with van der Waals surface area (Å²) >= 11 is 1.70. The Balaban J connectivity index is 1.51. The predicted octanol–water partition coefficient (Wildman–Crippen LogP) is 3.24.